The van der Waals surface area contributed by atoms with Crippen LogP contribution in [-0.2, 0) is 32.6 Å². The number of fused-ring (bicyclic) bond motifs is 1. The predicted octanol–water partition coefficient (Wildman–Crippen LogP) is 7.03. The van der Waals surface area contributed by atoms with Crippen molar-refractivity contribution in [2.75, 3.05) is 66.4 Å². The largest absolute Gasteiger partial charge is 0.494 e. The number of anilines is 6. The third kappa shape index (κ3) is 9.21. The predicted molar refractivity (Wildman–Crippen MR) is 255 cm³/mol. The van der Waals surface area contributed by atoms with Gasteiger partial charge in [0.1, 0.15) is 22.6 Å². The number of carbonyl (C=O) groups is 3. The van der Waals surface area contributed by atoms with Crippen molar-refractivity contribution in [2.45, 2.75) is 95.9 Å². The zero-order valence-electron chi connectivity index (χ0n) is 37.9. The van der Waals surface area contributed by atoms with E-state index >= 15 is 0 Å². The lowest BCUT2D eigenvalue weighted by molar-refractivity contribution is -0.136. The number of para-hydroxylation sites is 2. The zero-order valence-corrected chi connectivity index (χ0v) is 39.5. The fourth-order valence-corrected chi connectivity index (χ4v) is 11.2. The molecular weight excluding hydrogens is 882 g/mol. The molecule has 5 heterocycles. The van der Waals surface area contributed by atoms with Crippen LogP contribution in [0.15, 0.2) is 60.8 Å². The highest BCUT2D eigenvalue weighted by atomic mass is 35.5. The number of benzene rings is 3. The van der Waals surface area contributed by atoms with Crippen LogP contribution in [0.5, 0.6) is 11.5 Å². The van der Waals surface area contributed by atoms with Gasteiger partial charge in [-0.15, -0.1) is 0 Å². The van der Waals surface area contributed by atoms with Gasteiger partial charge in [-0.1, -0.05) is 36.7 Å². The summed E-state index contributed by atoms with van der Waals surface area (Å²) in [6.07, 6.45) is 11.6. The number of aromatic nitrogens is 2. The molecule has 0 radical (unpaired) electrons. The van der Waals surface area contributed by atoms with E-state index in [1.807, 2.05) is 12.1 Å². The van der Waals surface area contributed by atoms with E-state index in [2.05, 4.69) is 54.8 Å². The summed E-state index contributed by atoms with van der Waals surface area (Å²) in [5, 5.41) is 9.19. The number of nitrogens with one attached hydrogen (secondary N) is 3. The van der Waals surface area contributed by atoms with Crippen molar-refractivity contribution >= 4 is 73.9 Å². The molecule has 5 aliphatic rings. The molecular formula is C48H58ClN9O7S. The molecule has 1 spiro atoms. The Hall–Kier alpha value is -5.65. The van der Waals surface area contributed by atoms with Crippen molar-refractivity contribution in [3.8, 4) is 11.5 Å². The van der Waals surface area contributed by atoms with Gasteiger partial charge in [0.25, 0.3) is 5.91 Å². The van der Waals surface area contributed by atoms with Crippen molar-refractivity contribution in [1.82, 2.24) is 25.1 Å². The number of ether oxygens (including phenoxy) is 2. The Labute approximate surface area is 391 Å². The van der Waals surface area contributed by atoms with Crippen molar-refractivity contribution in [3.05, 3.63) is 82.5 Å². The van der Waals surface area contributed by atoms with E-state index in [0.29, 0.717) is 58.9 Å². The molecule has 1 atom stereocenters. The molecule has 1 aromatic heterocycles. The molecule has 3 N–H and O–H groups in total. The Bertz CT molecular complexity index is 2630. The lowest BCUT2D eigenvalue weighted by Crippen LogP contribution is -2.52. The van der Waals surface area contributed by atoms with Crippen molar-refractivity contribution in [2.24, 2.45) is 5.41 Å². The molecule has 9 rings (SSSR count). The summed E-state index contributed by atoms with van der Waals surface area (Å²) in [7, 11) is -0.360. The van der Waals surface area contributed by atoms with E-state index in [4.69, 9.17) is 21.1 Å². The molecule has 1 aliphatic carbocycles. The molecule has 18 heteroatoms. The summed E-state index contributed by atoms with van der Waals surface area (Å²) in [6, 6.07) is 16.7. The number of rotatable bonds is 13. The van der Waals surface area contributed by atoms with Crippen LogP contribution in [0.25, 0.3) is 0 Å². The van der Waals surface area contributed by atoms with Crippen LogP contribution in [0.3, 0.4) is 0 Å². The molecule has 3 amide bonds. The third-order valence-electron chi connectivity index (χ3n) is 14.4. The molecule has 1 saturated carbocycles. The Morgan fingerprint density at radius 3 is 2.44 bits per heavy atom. The van der Waals surface area contributed by atoms with E-state index in [1.165, 1.54) is 29.5 Å². The third-order valence-corrected chi connectivity index (χ3v) is 15.8. The van der Waals surface area contributed by atoms with Crippen molar-refractivity contribution in [3.63, 3.8) is 0 Å². The number of nitrogens with zero attached hydrogens (tertiary/aromatic N) is 6. The second-order valence-electron chi connectivity index (χ2n) is 18.4. The van der Waals surface area contributed by atoms with Crippen molar-refractivity contribution < 1.29 is 32.3 Å². The first kappa shape index (κ1) is 45.5. The average molecular weight is 941 g/mol. The van der Waals surface area contributed by atoms with E-state index in [9.17, 15) is 22.8 Å². The van der Waals surface area contributed by atoms with Crippen LogP contribution in [0.1, 0.15) is 86.2 Å². The Morgan fingerprint density at radius 2 is 1.71 bits per heavy atom. The van der Waals surface area contributed by atoms with Crippen LogP contribution in [0.2, 0.25) is 5.02 Å². The van der Waals surface area contributed by atoms with Gasteiger partial charge in [-0.2, -0.15) is 4.98 Å². The first-order valence-electron chi connectivity index (χ1n) is 22.9. The van der Waals surface area contributed by atoms with E-state index in [0.717, 1.165) is 100 Å². The quantitative estimate of drug-likeness (QED) is 0.117. The number of hydrogen-bond acceptors (Lipinski definition) is 13. The van der Waals surface area contributed by atoms with Crippen LogP contribution >= 0.6 is 11.6 Å². The van der Waals surface area contributed by atoms with Gasteiger partial charge in [0.2, 0.25) is 27.8 Å². The topological polar surface area (TPSA) is 179 Å². The summed E-state index contributed by atoms with van der Waals surface area (Å²) >= 11 is 6.54. The standard InChI is InChI=1S/C48H58ClN9O7S/c1-5-30-25-37(52-47-50-27-35(49)44(54-47)51-36-10-6-7-11-38(36)55(2)66(4,62)63)42(64-3)26-40(30)56-22-17-31(18-23-56)57-24-21-48(29-57)19-15-32(16-20-48)65-41-12-8-9-33-34(41)28-58(46(33)61)39-13-14-43(59)53-45(39)60/h6-12,25-27,31-32,39H,5,13-24,28-29H2,1-4H3,(H,53,59,60)(H2,50,51,52,54). The number of methoxy groups -OCH3 is 1. The minimum Gasteiger partial charge on any atom is -0.494 e. The lowest BCUT2D eigenvalue weighted by Gasteiger charge is -2.41. The van der Waals surface area contributed by atoms with E-state index in [-0.39, 0.29) is 29.4 Å². The maximum absolute atomic E-state index is 13.4. The van der Waals surface area contributed by atoms with Gasteiger partial charge < -0.3 is 29.9 Å². The van der Waals surface area contributed by atoms with Gasteiger partial charge in [-0.25, -0.2) is 13.4 Å². The van der Waals surface area contributed by atoms with Crippen LogP contribution < -0.4 is 34.6 Å². The number of sulfonamides is 1. The fraction of sp³-hybridized carbons (Fsp3) is 0.479. The Kier molecular flexibility index (Phi) is 12.8. The van der Waals surface area contributed by atoms with Crippen LogP contribution in [0, 0.1) is 5.41 Å². The molecule has 4 fully saturated rings. The zero-order chi connectivity index (χ0) is 46.3. The van der Waals surface area contributed by atoms with E-state index in [1.54, 1.807) is 42.3 Å². The van der Waals surface area contributed by atoms with E-state index < -0.39 is 22.0 Å². The molecule has 16 nitrogen and oxygen atoms in total. The summed E-state index contributed by atoms with van der Waals surface area (Å²) in [5.41, 5.74) is 5.75. The van der Waals surface area contributed by atoms with Gasteiger partial charge in [0.15, 0.2) is 5.82 Å². The summed E-state index contributed by atoms with van der Waals surface area (Å²) in [4.78, 5) is 53.6. The van der Waals surface area contributed by atoms with Gasteiger partial charge >= 0.3 is 0 Å². The number of aryl methyl sites for hydroxylation is 1. The monoisotopic (exact) mass is 939 g/mol. The second-order valence-corrected chi connectivity index (χ2v) is 20.8. The lowest BCUT2D eigenvalue weighted by atomic mass is 9.72. The van der Waals surface area contributed by atoms with Gasteiger partial charge in [0, 0.05) is 62.0 Å². The van der Waals surface area contributed by atoms with Gasteiger partial charge in [-0.3, -0.25) is 28.9 Å². The minimum absolute atomic E-state index is 0.0738. The Balaban J connectivity index is 0.794. The first-order chi connectivity index (χ1) is 31.7. The number of piperidine rings is 2. The van der Waals surface area contributed by atoms with Crippen LogP contribution in [-0.4, -0.2) is 111 Å². The van der Waals surface area contributed by atoms with Gasteiger partial charge in [-0.05, 0) is 106 Å². The SMILES string of the molecule is CCc1cc(Nc2ncc(Cl)c(Nc3ccccc3N(C)S(C)(=O)=O)n2)c(OC)cc1N1CCC(N2CCC3(CCC(Oc4cccc5c4CN(C4CCC(=O)NC4=O)C5=O)CC3)C2)CC1. The summed E-state index contributed by atoms with van der Waals surface area (Å²) in [5.74, 6) is 1.12. The first-order valence-corrected chi connectivity index (χ1v) is 25.2. The minimum atomic E-state index is -3.51. The second kappa shape index (κ2) is 18.6. The van der Waals surface area contributed by atoms with Crippen molar-refractivity contribution in [1.29, 1.82) is 0 Å². The fourth-order valence-electron chi connectivity index (χ4n) is 10.6. The number of amides is 3. The maximum atomic E-state index is 13.4. The smallest absolute Gasteiger partial charge is 0.255 e. The highest BCUT2D eigenvalue weighted by Crippen LogP contribution is 2.47. The molecule has 350 valence electrons. The number of imide groups is 1. The van der Waals surface area contributed by atoms with Crippen LogP contribution in [0.4, 0.5) is 34.5 Å². The number of halogens is 1. The number of likely N-dealkylation sites (tertiary alicyclic amines) is 1. The number of hydrogen-bond donors (Lipinski definition) is 3. The molecule has 0 bridgehead atoms. The highest BCUT2D eigenvalue weighted by molar-refractivity contribution is 7.92. The number of carbonyl (C=O) groups excluding carboxylic acids is 3. The van der Waals surface area contributed by atoms with Gasteiger partial charge in [0.05, 0.1) is 49.3 Å². The Morgan fingerprint density at radius 1 is 0.939 bits per heavy atom. The molecule has 3 saturated heterocycles. The molecule has 4 aliphatic heterocycles. The molecule has 1 unspecified atom stereocenters. The molecule has 66 heavy (non-hydrogen) atoms. The average Bonchev–Trinajstić information content (AvgIpc) is 3.88. The highest BCUT2D eigenvalue weighted by Gasteiger charge is 2.45. The summed E-state index contributed by atoms with van der Waals surface area (Å²) < 4.78 is 38.5. The normalized spacial score (nSPS) is 22.7. The molecule has 4 aromatic rings. The summed E-state index contributed by atoms with van der Waals surface area (Å²) in [6.45, 7) is 6.59. The maximum Gasteiger partial charge on any atom is 0.255 e. The molecule has 3 aromatic carbocycles.